The van der Waals surface area contributed by atoms with Gasteiger partial charge in [0, 0.05) is 13.1 Å². The van der Waals surface area contributed by atoms with E-state index in [9.17, 15) is 8.78 Å². The molecule has 0 saturated heterocycles. The van der Waals surface area contributed by atoms with E-state index in [1.807, 2.05) is 0 Å². The quantitative estimate of drug-likeness (QED) is 0.752. The second-order valence-corrected chi connectivity index (χ2v) is 3.66. The molecule has 0 radical (unpaired) electrons. The van der Waals surface area contributed by atoms with E-state index >= 15 is 0 Å². The van der Waals surface area contributed by atoms with Gasteiger partial charge in [-0.05, 0) is 6.92 Å². The van der Waals surface area contributed by atoms with Gasteiger partial charge >= 0.3 is 0 Å². The maximum Gasteiger partial charge on any atom is 0.248 e. The lowest BCUT2D eigenvalue weighted by atomic mass is 10.6. The highest BCUT2D eigenvalue weighted by atomic mass is 32.2. The molecule has 0 aromatic carbocycles. The van der Waals surface area contributed by atoms with Crippen molar-refractivity contribution in [2.24, 2.45) is 5.73 Å². The summed E-state index contributed by atoms with van der Waals surface area (Å²) in [4.78, 5) is 0. The van der Waals surface area contributed by atoms with E-state index in [0.29, 0.717) is 24.1 Å². The Morgan fingerprint density at radius 2 is 2.21 bits per heavy atom. The lowest BCUT2D eigenvalue weighted by Gasteiger charge is -2.05. The topological polar surface area (TPSA) is 56.7 Å². The van der Waals surface area contributed by atoms with Crippen LogP contribution < -0.4 is 5.73 Å². The number of halogens is 2. The first-order chi connectivity index (χ1) is 6.65. The van der Waals surface area contributed by atoms with Gasteiger partial charge in [-0.25, -0.2) is 8.78 Å². The molecule has 4 nitrogen and oxygen atoms in total. The molecule has 7 heteroatoms. The van der Waals surface area contributed by atoms with Crippen LogP contribution in [0.3, 0.4) is 0 Å². The van der Waals surface area contributed by atoms with Gasteiger partial charge in [-0.15, -0.1) is 10.2 Å². The number of alkyl halides is 2. The van der Waals surface area contributed by atoms with E-state index < -0.39 is 6.43 Å². The number of rotatable bonds is 5. The number of aryl methyl sites for hydroxylation is 1. The Kier molecular flexibility index (Phi) is 4.27. The first kappa shape index (κ1) is 11.4. The average molecular weight is 222 g/mol. The Morgan fingerprint density at radius 1 is 1.50 bits per heavy atom. The van der Waals surface area contributed by atoms with Crippen LogP contribution in [-0.4, -0.2) is 33.5 Å². The van der Waals surface area contributed by atoms with Gasteiger partial charge in [0.1, 0.15) is 5.82 Å². The molecule has 0 fully saturated rings. The van der Waals surface area contributed by atoms with Crippen LogP contribution in [0, 0.1) is 6.92 Å². The minimum Gasteiger partial charge on any atom is -0.329 e. The Balaban J connectivity index is 2.65. The van der Waals surface area contributed by atoms with Crippen LogP contribution in [-0.2, 0) is 6.54 Å². The van der Waals surface area contributed by atoms with E-state index in [2.05, 4.69) is 10.2 Å². The SMILES string of the molecule is Cc1nnc(SCC(F)F)n1CCN. The van der Waals surface area contributed by atoms with Crippen molar-refractivity contribution < 1.29 is 8.78 Å². The van der Waals surface area contributed by atoms with Crippen LogP contribution in [0.2, 0.25) is 0 Å². The molecule has 1 aromatic heterocycles. The summed E-state index contributed by atoms with van der Waals surface area (Å²) < 4.78 is 25.6. The molecule has 14 heavy (non-hydrogen) atoms. The summed E-state index contributed by atoms with van der Waals surface area (Å²) in [5.74, 6) is 0.440. The molecule has 0 amide bonds. The van der Waals surface area contributed by atoms with Crippen LogP contribution in [0.25, 0.3) is 0 Å². The zero-order valence-corrected chi connectivity index (χ0v) is 8.60. The van der Waals surface area contributed by atoms with Gasteiger partial charge in [0.15, 0.2) is 5.16 Å². The van der Waals surface area contributed by atoms with E-state index in [0.717, 1.165) is 11.8 Å². The minimum atomic E-state index is -2.33. The molecule has 0 aliphatic rings. The summed E-state index contributed by atoms with van der Waals surface area (Å²) in [5, 5.41) is 8.11. The van der Waals surface area contributed by atoms with E-state index in [1.165, 1.54) is 0 Å². The molecule has 1 rings (SSSR count). The van der Waals surface area contributed by atoms with Crippen molar-refractivity contribution in [1.29, 1.82) is 0 Å². The number of thioether (sulfide) groups is 1. The van der Waals surface area contributed by atoms with Gasteiger partial charge < -0.3 is 10.3 Å². The van der Waals surface area contributed by atoms with E-state index in [1.54, 1.807) is 11.5 Å². The Bertz CT molecular complexity index is 289. The molecule has 1 heterocycles. The molecule has 80 valence electrons. The molecule has 0 aliphatic carbocycles. The standard InChI is InChI=1S/C7H12F2N4S/c1-5-11-12-7(13(5)3-2-10)14-4-6(8)9/h6H,2-4,10H2,1H3. The summed E-state index contributed by atoms with van der Waals surface area (Å²) in [6.07, 6.45) is -2.33. The van der Waals surface area contributed by atoms with Gasteiger partial charge in [0.2, 0.25) is 6.43 Å². The van der Waals surface area contributed by atoms with E-state index in [-0.39, 0.29) is 5.75 Å². The molecule has 0 atom stereocenters. The lowest BCUT2D eigenvalue weighted by molar-refractivity contribution is 0.176. The number of nitrogens with two attached hydrogens (primary N) is 1. The molecule has 0 bridgehead atoms. The Labute approximate surface area is 84.9 Å². The predicted molar refractivity (Wildman–Crippen MR) is 50.5 cm³/mol. The third kappa shape index (κ3) is 2.91. The summed E-state index contributed by atoms with van der Waals surface area (Å²) >= 11 is 1.000. The third-order valence-corrected chi connectivity index (χ3v) is 2.57. The highest BCUT2D eigenvalue weighted by Gasteiger charge is 2.11. The zero-order chi connectivity index (χ0) is 10.6. The van der Waals surface area contributed by atoms with Crippen molar-refractivity contribution in [1.82, 2.24) is 14.8 Å². The Hall–Kier alpha value is -0.690. The molecule has 1 aromatic rings. The van der Waals surface area contributed by atoms with Crippen molar-refractivity contribution in [2.45, 2.75) is 25.1 Å². The molecule has 2 N–H and O–H groups in total. The third-order valence-electron chi connectivity index (χ3n) is 1.59. The van der Waals surface area contributed by atoms with Crippen LogP contribution in [0.15, 0.2) is 5.16 Å². The van der Waals surface area contributed by atoms with Crippen LogP contribution in [0.1, 0.15) is 5.82 Å². The second kappa shape index (κ2) is 5.26. The summed E-state index contributed by atoms with van der Waals surface area (Å²) in [5.41, 5.74) is 5.38. The maximum absolute atomic E-state index is 11.9. The molecule has 0 spiro atoms. The first-order valence-electron chi connectivity index (χ1n) is 4.16. The van der Waals surface area contributed by atoms with E-state index in [4.69, 9.17) is 5.73 Å². The van der Waals surface area contributed by atoms with Crippen molar-refractivity contribution in [3.05, 3.63) is 5.82 Å². The maximum atomic E-state index is 11.9. The monoisotopic (exact) mass is 222 g/mol. The first-order valence-corrected chi connectivity index (χ1v) is 5.14. The van der Waals surface area contributed by atoms with Gasteiger partial charge in [-0.3, -0.25) is 0 Å². The number of hydrogen-bond acceptors (Lipinski definition) is 4. The van der Waals surface area contributed by atoms with Crippen LogP contribution in [0.5, 0.6) is 0 Å². The van der Waals surface area contributed by atoms with Gasteiger partial charge in [-0.2, -0.15) is 0 Å². The summed E-state index contributed by atoms with van der Waals surface area (Å²) in [6.45, 7) is 2.78. The smallest absolute Gasteiger partial charge is 0.248 e. The fraction of sp³-hybridized carbons (Fsp3) is 0.714. The predicted octanol–water partition coefficient (Wildman–Crippen LogP) is 0.902. The summed E-state index contributed by atoms with van der Waals surface area (Å²) in [6, 6.07) is 0. The Morgan fingerprint density at radius 3 is 2.79 bits per heavy atom. The molecule has 0 saturated carbocycles. The zero-order valence-electron chi connectivity index (χ0n) is 7.78. The number of aromatic nitrogens is 3. The highest BCUT2D eigenvalue weighted by Crippen LogP contribution is 2.18. The normalized spacial score (nSPS) is 11.2. The van der Waals surface area contributed by atoms with Crippen molar-refractivity contribution >= 4 is 11.8 Å². The van der Waals surface area contributed by atoms with Gasteiger partial charge in [0.25, 0.3) is 0 Å². The molecular weight excluding hydrogens is 210 g/mol. The number of hydrogen-bond donors (Lipinski definition) is 1. The van der Waals surface area contributed by atoms with Crippen molar-refractivity contribution in [3.8, 4) is 0 Å². The molecule has 0 unspecified atom stereocenters. The number of nitrogens with zero attached hydrogens (tertiary/aromatic N) is 3. The van der Waals surface area contributed by atoms with Crippen LogP contribution in [0.4, 0.5) is 8.78 Å². The summed E-state index contributed by atoms with van der Waals surface area (Å²) in [7, 11) is 0. The lowest BCUT2D eigenvalue weighted by Crippen LogP contribution is -2.12. The average Bonchev–Trinajstić information content (AvgIpc) is 2.46. The second-order valence-electron chi connectivity index (χ2n) is 2.67. The molecule has 0 aliphatic heterocycles. The fourth-order valence-electron chi connectivity index (χ4n) is 0.992. The van der Waals surface area contributed by atoms with Crippen LogP contribution >= 0.6 is 11.8 Å². The highest BCUT2D eigenvalue weighted by molar-refractivity contribution is 7.99. The molecular formula is C7H12F2N4S. The largest absolute Gasteiger partial charge is 0.329 e. The van der Waals surface area contributed by atoms with Crippen molar-refractivity contribution in [2.75, 3.05) is 12.3 Å². The fourth-order valence-corrected chi connectivity index (χ4v) is 1.75. The van der Waals surface area contributed by atoms with Crippen molar-refractivity contribution in [3.63, 3.8) is 0 Å². The van der Waals surface area contributed by atoms with Gasteiger partial charge in [-0.1, -0.05) is 11.8 Å². The minimum absolute atomic E-state index is 0.261. The van der Waals surface area contributed by atoms with Gasteiger partial charge in [0.05, 0.1) is 5.75 Å².